The van der Waals surface area contributed by atoms with Crippen LogP contribution in [0.2, 0.25) is 0 Å². The second kappa shape index (κ2) is 1.27. The topological polar surface area (TPSA) is 24.6 Å². The van der Waals surface area contributed by atoms with Gasteiger partial charge in [0.05, 0.1) is 0 Å². The first kappa shape index (κ1) is 5.45. The summed E-state index contributed by atoms with van der Waals surface area (Å²) >= 11 is 0. The zero-order valence-corrected chi connectivity index (χ0v) is 3.89. The molecule has 0 aromatic rings. The van der Waals surface area contributed by atoms with Crippen molar-refractivity contribution in [2.75, 3.05) is 0 Å². The standard InChI is InChI=1S/C4H7NO/c1-4(2,6)5-3/h6H,1-2H3. The van der Waals surface area contributed by atoms with E-state index >= 15 is 0 Å². The molecular formula is C4H7NO. The van der Waals surface area contributed by atoms with Gasteiger partial charge in [-0.05, 0) is 0 Å². The number of rotatable bonds is 0. The molecule has 0 bridgehead atoms. The van der Waals surface area contributed by atoms with Crippen LogP contribution in [0.1, 0.15) is 13.8 Å². The molecule has 6 heavy (non-hydrogen) atoms. The van der Waals surface area contributed by atoms with Gasteiger partial charge >= 0.3 is 5.72 Å². The van der Waals surface area contributed by atoms with Crippen molar-refractivity contribution in [2.24, 2.45) is 0 Å². The highest BCUT2D eigenvalue weighted by molar-refractivity contribution is 4.74. The summed E-state index contributed by atoms with van der Waals surface area (Å²) < 4.78 is 0. The minimum Gasteiger partial charge on any atom is -0.324 e. The summed E-state index contributed by atoms with van der Waals surface area (Å²) in [5, 5.41) is 8.47. The van der Waals surface area contributed by atoms with Gasteiger partial charge in [-0.2, -0.15) is 0 Å². The Bertz CT molecular complexity index is 74.5. The van der Waals surface area contributed by atoms with Gasteiger partial charge in [0.1, 0.15) is 0 Å². The van der Waals surface area contributed by atoms with Gasteiger partial charge in [0.15, 0.2) is 0 Å². The van der Waals surface area contributed by atoms with Gasteiger partial charge < -0.3 is 5.11 Å². The number of nitrogens with zero attached hydrogens (tertiary/aromatic N) is 1. The maximum Gasteiger partial charge on any atom is 0.329 e. The Labute approximate surface area is 37.2 Å². The van der Waals surface area contributed by atoms with Crippen molar-refractivity contribution in [3.63, 3.8) is 0 Å². The minimum absolute atomic E-state index is 1.17. The van der Waals surface area contributed by atoms with Gasteiger partial charge in [0.25, 0.3) is 0 Å². The van der Waals surface area contributed by atoms with E-state index in [-0.39, 0.29) is 0 Å². The molecule has 0 aromatic carbocycles. The highest BCUT2D eigenvalue weighted by atomic mass is 16.3. The minimum atomic E-state index is -1.17. The lowest BCUT2D eigenvalue weighted by Crippen LogP contribution is -2.10. The SMILES string of the molecule is [C-]#[N+]C(C)(C)O. The van der Waals surface area contributed by atoms with Crippen molar-refractivity contribution in [1.82, 2.24) is 0 Å². The van der Waals surface area contributed by atoms with Crippen LogP contribution in [-0.4, -0.2) is 10.8 Å². The summed E-state index contributed by atoms with van der Waals surface area (Å²) in [7, 11) is 0. The summed E-state index contributed by atoms with van der Waals surface area (Å²) in [6, 6.07) is 0. The molecule has 0 atom stereocenters. The van der Waals surface area contributed by atoms with Crippen LogP contribution >= 0.6 is 0 Å². The summed E-state index contributed by atoms with van der Waals surface area (Å²) in [4.78, 5) is 2.83. The molecule has 0 rings (SSSR count). The predicted molar refractivity (Wildman–Crippen MR) is 22.9 cm³/mol. The van der Waals surface area contributed by atoms with Crippen molar-refractivity contribution < 1.29 is 5.11 Å². The van der Waals surface area contributed by atoms with Crippen LogP contribution in [0.5, 0.6) is 0 Å². The van der Waals surface area contributed by atoms with Crippen LogP contribution in [0.4, 0.5) is 0 Å². The van der Waals surface area contributed by atoms with Crippen LogP contribution in [0.25, 0.3) is 4.85 Å². The second-order valence-corrected chi connectivity index (χ2v) is 1.61. The second-order valence-electron chi connectivity index (χ2n) is 1.61. The molecule has 34 valence electrons. The third-order valence-electron chi connectivity index (χ3n) is 0.274. The van der Waals surface area contributed by atoms with Crippen molar-refractivity contribution in [1.29, 1.82) is 0 Å². The van der Waals surface area contributed by atoms with Gasteiger partial charge in [-0.1, -0.05) is 0 Å². The third kappa shape index (κ3) is 3.45. The summed E-state index contributed by atoms with van der Waals surface area (Å²) in [6.07, 6.45) is 0. The number of hydrogen-bond acceptors (Lipinski definition) is 1. The van der Waals surface area contributed by atoms with Gasteiger partial charge in [-0.3, -0.25) is 4.85 Å². The van der Waals surface area contributed by atoms with Crippen molar-refractivity contribution in [2.45, 2.75) is 19.6 Å². The van der Waals surface area contributed by atoms with Crippen molar-refractivity contribution in [3.8, 4) is 0 Å². The van der Waals surface area contributed by atoms with Crippen LogP contribution in [0.15, 0.2) is 0 Å². The Hall–Kier alpha value is -0.550. The summed E-state index contributed by atoms with van der Waals surface area (Å²) in [5.74, 6) is 0. The van der Waals surface area contributed by atoms with Crippen LogP contribution in [0, 0.1) is 6.57 Å². The molecule has 0 spiro atoms. The van der Waals surface area contributed by atoms with E-state index < -0.39 is 5.72 Å². The van der Waals surface area contributed by atoms with Crippen LogP contribution in [0.3, 0.4) is 0 Å². The third-order valence-corrected chi connectivity index (χ3v) is 0.274. The zero-order chi connectivity index (χ0) is 5.21. The Morgan fingerprint density at radius 3 is 1.83 bits per heavy atom. The van der Waals surface area contributed by atoms with E-state index in [1.807, 2.05) is 0 Å². The van der Waals surface area contributed by atoms with Crippen molar-refractivity contribution in [3.05, 3.63) is 11.4 Å². The molecule has 0 aliphatic rings. The molecule has 0 heterocycles. The Kier molecular flexibility index (Phi) is 1.16. The Morgan fingerprint density at radius 2 is 1.83 bits per heavy atom. The molecule has 0 unspecified atom stereocenters. The molecule has 0 aromatic heterocycles. The van der Waals surface area contributed by atoms with E-state index in [9.17, 15) is 0 Å². The predicted octanol–water partition coefficient (Wildman–Crippen LogP) is 0.634. The molecule has 0 amide bonds. The lowest BCUT2D eigenvalue weighted by atomic mass is 10.3. The highest BCUT2D eigenvalue weighted by Gasteiger charge is 2.13. The van der Waals surface area contributed by atoms with Gasteiger partial charge in [0.2, 0.25) is 0 Å². The highest BCUT2D eigenvalue weighted by Crippen LogP contribution is 1.98. The maximum atomic E-state index is 8.47. The molecule has 2 nitrogen and oxygen atoms in total. The molecule has 1 N–H and O–H groups in total. The number of hydrogen-bond donors (Lipinski definition) is 1. The van der Waals surface area contributed by atoms with Crippen molar-refractivity contribution >= 4 is 0 Å². The van der Waals surface area contributed by atoms with Gasteiger partial charge in [-0.15, -0.1) is 0 Å². The fourth-order valence-electron chi connectivity index (χ4n) is 0. The largest absolute Gasteiger partial charge is 0.329 e. The first-order valence-electron chi connectivity index (χ1n) is 1.67. The quantitative estimate of drug-likeness (QED) is 0.429. The first-order valence-corrected chi connectivity index (χ1v) is 1.67. The number of aliphatic hydroxyl groups is 1. The van der Waals surface area contributed by atoms with Gasteiger partial charge in [-0.25, -0.2) is 6.57 Å². The molecular weight excluding hydrogens is 78.0 g/mol. The van der Waals surface area contributed by atoms with E-state index in [2.05, 4.69) is 4.85 Å². The van der Waals surface area contributed by atoms with E-state index in [0.717, 1.165) is 0 Å². The average molecular weight is 85.1 g/mol. The fourth-order valence-corrected chi connectivity index (χ4v) is 0. The fraction of sp³-hybridized carbons (Fsp3) is 0.750. The van der Waals surface area contributed by atoms with E-state index in [0.29, 0.717) is 0 Å². The lowest BCUT2D eigenvalue weighted by Gasteiger charge is -1.96. The molecule has 0 radical (unpaired) electrons. The summed E-state index contributed by atoms with van der Waals surface area (Å²) in [6.45, 7) is 9.12. The zero-order valence-electron chi connectivity index (χ0n) is 3.89. The van der Waals surface area contributed by atoms with Crippen LogP contribution < -0.4 is 0 Å². The summed E-state index contributed by atoms with van der Waals surface area (Å²) in [5.41, 5.74) is -1.17. The molecule has 0 saturated carbocycles. The normalized spacial score (nSPS) is 10.3. The molecule has 0 aliphatic heterocycles. The monoisotopic (exact) mass is 85.1 g/mol. The lowest BCUT2D eigenvalue weighted by molar-refractivity contribution is 0.130. The van der Waals surface area contributed by atoms with Gasteiger partial charge in [0, 0.05) is 13.8 Å². The Balaban J connectivity index is 3.55. The van der Waals surface area contributed by atoms with E-state index in [4.69, 9.17) is 11.7 Å². The first-order chi connectivity index (χ1) is 2.56. The average Bonchev–Trinajstić information content (AvgIpc) is 1.35. The smallest absolute Gasteiger partial charge is 0.324 e. The molecule has 0 saturated heterocycles. The van der Waals surface area contributed by atoms with Crippen LogP contribution in [-0.2, 0) is 0 Å². The molecule has 0 fully saturated rings. The van der Waals surface area contributed by atoms with E-state index in [1.54, 1.807) is 0 Å². The van der Waals surface area contributed by atoms with E-state index in [1.165, 1.54) is 13.8 Å². The molecule has 0 aliphatic carbocycles. The maximum absolute atomic E-state index is 8.47. The Morgan fingerprint density at radius 1 is 1.67 bits per heavy atom. The molecule has 2 heteroatoms.